The standard InChI is InChI=1S/C32H52O3SSi/c1-23(30-22-25-15-13-14-17-29(25)36-30)19-20-26-24(2)21-28(35-37(7,8)32(3,4)5)27(26)16-11-9-10-12-18-31(33)34-6/h13-15,17,22-24,26-28H,9-12,16,18-21H2,1-8H3/t23-,24-,26+,27-,28+/m1/s1. The Kier molecular flexibility index (Phi) is 10.9. The van der Waals surface area contributed by atoms with Crippen molar-refractivity contribution in [2.45, 2.75) is 123 Å². The largest absolute Gasteiger partial charge is 0.469 e. The summed E-state index contributed by atoms with van der Waals surface area (Å²) in [4.78, 5) is 13.0. The van der Waals surface area contributed by atoms with Gasteiger partial charge in [0.25, 0.3) is 0 Å². The molecule has 1 aromatic heterocycles. The molecule has 0 aliphatic heterocycles. The van der Waals surface area contributed by atoms with Gasteiger partial charge in [-0.25, -0.2) is 0 Å². The summed E-state index contributed by atoms with van der Waals surface area (Å²) in [6.07, 6.45) is 10.4. The summed E-state index contributed by atoms with van der Waals surface area (Å²) in [5.41, 5.74) is 0. The molecule has 5 heteroatoms. The smallest absolute Gasteiger partial charge is 0.305 e. The number of carbonyl (C=O) groups excluding carboxylic acids is 1. The molecule has 0 unspecified atom stereocenters. The number of benzene rings is 1. The maximum atomic E-state index is 11.4. The Labute approximate surface area is 231 Å². The van der Waals surface area contributed by atoms with Gasteiger partial charge in [0.05, 0.1) is 7.11 Å². The van der Waals surface area contributed by atoms with Crippen LogP contribution in [0.2, 0.25) is 18.1 Å². The molecule has 0 amide bonds. The van der Waals surface area contributed by atoms with Crippen molar-refractivity contribution in [3.63, 3.8) is 0 Å². The van der Waals surface area contributed by atoms with Gasteiger partial charge in [0.15, 0.2) is 8.32 Å². The van der Waals surface area contributed by atoms with E-state index in [4.69, 9.17) is 9.16 Å². The molecule has 1 aliphatic carbocycles. The number of esters is 1. The van der Waals surface area contributed by atoms with E-state index >= 15 is 0 Å². The minimum Gasteiger partial charge on any atom is -0.469 e. The average Bonchev–Trinajstić information content (AvgIpc) is 3.39. The number of thiophene rings is 1. The maximum Gasteiger partial charge on any atom is 0.305 e. The Morgan fingerprint density at radius 1 is 1.08 bits per heavy atom. The van der Waals surface area contributed by atoms with E-state index in [-0.39, 0.29) is 11.0 Å². The normalized spacial score (nSPS) is 23.5. The van der Waals surface area contributed by atoms with Gasteiger partial charge in [-0.3, -0.25) is 4.79 Å². The van der Waals surface area contributed by atoms with Crippen molar-refractivity contribution >= 4 is 35.7 Å². The monoisotopic (exact) mass is 544 g/mol. The van der Waals surface area contributed by atoms with Crippen LogP contribution in [0.5, 0.6) is 0 Å². The average molecular weight is 545 g/mol. The molecule has 3 rings (SSSR count). The van der Waals surface area contributed by atoms with Crippen molar-refractivity contribution in [2.75, 3.05) is 7.11 Å². The minimum absolute atomic E-state index is 0.0831. The number of ether oxygens (including phenoxy) is 1. The Morgan fingerprint density at radius 3 is 2.46 bits per heavy atom. The zero-order chi connectivity index (χ0) is 27.2. The van der Waals surface area contributed by atoms with Gasteiger partial charge in [-0.15, -0.1) is 11.3 Å². The quantitative estimate of drug-likeness (QED) is 0.143. The Balaban J connectivity index is 1.64. The molecular formula is C32H52O3SSi. The summed E-state index contributed by atoms with van der Waals surface area (Å²) in [5, 5.41) is 1.62. The second-order valence-electron chi connectivity index (χ2n) is 13.2. The lowest BCUT2D eigenvalue weighted by Crippen LogP contribution is -2.45. The number of rotatable bonds is 13. The lowest BCUT2D eigenvalue weighted by Gasteiger charge is -2.40. The highest BCUT2D eigenvalue weighted by Gasteiger charge is 2.46. The third kappa shape index (κ3) is 8.16. The second-order valence-corrected chi connectivity index (χ2v) is 19.0. The van der Waals surface area contributed by atoms with Crippen LogP contribution in [0.4, 0.5) is 0 Å². The molecule has 0 saturated heterocycles. The van der Waals surface area contributed by atoms with Gasteiger partial charge in [-0.05, 0) is 91.4 Å². The predicted octanol–water partition coefficient (Wildman–Crippen LogP) is 9.96. The molecule has 1 aromatic carbocycles. The molecule has 3 nitrogen and oxygen atoms in total. The number of methoxy groups -OCH3 is 1. The van der Waals surface area contributed by atoms with Crippen molar-refractivity contribution in [3.8, 4) is 0 Å². The Hall–Kier alpha value is -1.17. The van der Waals surface area contributed by atoms with Crippen LogP contribution >= 0.6 is 11.3 Å². The summed E-state index contributed by atoms with van der Waals surface area (Å²) < 4.78 is 13.3. The highest BCUT2D eigenvalue weighted by atomic mass is 32.1. The molecule has 2 aromatic rings. The van der Waals surface area contributed by atoms with Gasteiger partial charge in [-0.2, -0.15) is 0 Å². The van der Waals surface area contributed by atoms with E-state index in [0.29, 0.717) is 30.3 Å². The zero-order valence-electron chi connectivity index (χ0n) is 24.8. The van der Waals surface area contributed by atoms with E-state index in [1.54, 1.807) is 0 Å². The van der Waals surface area contributed by atoms with Crippen molar-refractivity contribution in [1.82, 2.24) is 0 Å². The molecule has 1 saturated carbocycles. The lowest BCUT2D eigenvalue weighted by molar-refractivity contribution is -0.140. The fraction of sp³-hybridized carbons (Fsp3) is 0.719. The zero-order valence-corrected chi connectivity index (χ0v) is 26.6. The van der Waals surface area contributed by atoms with Crippen molar-refractivity contribution in [2.24, 2.45) is 17.8 Å². The van der Waals surface area contributed by atoms with Gasteiger partial charge in [0, 0.05) is 22.1 Å². The third-order valence-corrected chi connectivity index (χ3v) is 15.2. The van der Waals surface area contributed by atoms with E-state index in [0.717, 1.165) is 18.8 Å². The first-order valence-electron chi connectivity index (χ1n) is 14.7. The molecule has 5 atom stereocenters. The maximum absolute atomic E-state index is 11.4. The highest BCUT2D eigenvalue weighted by molar-refractivity contribution is 7.19. The van der Waals surface area contributed by atoms with Gasteiger partial charge < -0.3 is 9.16 Å². The summed E-state index contributed by atoms with van der Waals surface area (Å²) >= 11 is 1.97. The lowest BCUT2D eigenvalue weighted by atomic mass is 9.81. The van der Waals surface area contributed by atoms with Gasteiger partial charge in [-0.1, -0.05) is 72.1 Å². The summed E-state index contributed by atoms with van der Waals surface area (Å²) in [6.45, 7) is 16.8. The molecule has 0 radical (unpaired) electrons. The van der Waals surface area contributed by atoms with E-state index in [1.165, 1.54) is 60.6 Å². The van der Waals surface area contributed by atoms with Crippen LogP contribution in [0, 0.1) is 17.8 Å². The Morgan fingerprint density at radius 2 is 1.78 bits per heavy atom. The van der Waals surface area contributed by atoms with Crippen LogP contribution in [-0.2, 0) is 14.0 Å². The number of carbonyl (C=O) groups is 1. The van der Waals surface area contributed by atoms with Gasteiger partial charge >= 0.3 is 5.97 Å². The summed E-state index contributed by atoms with van der Waals surface area (Å²) in [5.74, 6) is 2.62. The van der Waals surface area contributed by atoms with Crippen molar-refractivity contribution < 1.29 is 14.0 Å². The Bertz CT molecular complexity index is 958. The molecule has 1 heterocycles. The number of hydrogen-bond donors (Lipinski definition) is 0. The fourth-order valence-electron chi connectivity index (χ4n) is 5.94. The second kappa shape index (κ2) is 13.3. The van der Waals surface area contributed by atoms with Crippen LogP contribution in [0.25, 0.3) is 10.1 Å². The van der Waals surface area contributed by atoms with E-state index in [2.05, 4.69) is 78.0 Å². The number of hydrogen-bond acceptors (Lipinski definition) is 4. The molecule has 0 N–H and O–H groups in total. The molecular weight excluding hydrogens is 493 g/mol. The fourth-order valence-corrected chi connectivity index (χ4v) is 8.47. The molecule has 1 aliphatic rings. The molecule has 0 bridgehead atoms. The van der Waals surface area contributed by atoms with Gasteiger partial charge in [0.2, 0.25) is 0 Å². The third-order valence-electron chi connectivity index (χ3n) is 9.37. The predicted molar refractivity (Wildman–Crippen MR) is 162 cm³/mol. The number of unbranched alkanes of at least 4 members (excludes halogenated alkanes) is 3. The van der Waals surface area contributed by atoms with E-state index < -0.39 is 8.32 Å². The van der Waals surface area contributed by atoms with Crippen LogP contribution in [-0.4, -0.2) is 27.5 Å². The first-order valence-corrected chi connectivity index (χ1v) is 18.4. The summed E-state index contributed by atoms with van der Waals surface area (Å²) in [7, 11) is -0.334. The van der Waals surface area contributed by atoms with Gasteiger partial charge in [0.1, 0.15) is 0 Å². The summed E-state index contributed by atoms with van der Waals surface area (Å²) in [6, 6.07) is 11.2. The van der Waals surface area contributed by atoms with E-state index in [1.807, 2.05) is 11.3 Å². The molecule has 0 spiro atoms. The minimum atomic E-state index is -1.81. The van der Waals surface area contributed by atoms with Crippen LogP contribution in [0.1, 0.15) is 103 Å². The number of fused-ring (bicyclic) bond motifs is 1. The topological polar surface area (TPSA) is 35.5 Å². The van der Waals surface area contributed by atoms with Crippen LogP contribution < -0.4 is 0 Å². The SMILES string of the molecule is COC(=O)CCCCCC[C@@H]1[C@@H](CC[C@@H](C)c2cc3ccccc3s2)[C@H](C)C[C@@H]1O[Si](C)(C)C(C)(C)C. The molecule has 208 valence electrons. The van der Waals surface area contributed by atoms with Crippen LogP contribution in [0.3, 0.4) is 0 Å². The molecule has 37 heavy (non-hydrogen) atoms. The molecule has 1 fully saturated rings. The first-order chi connectivity index (χ1) is 17.4. The van der Waals surface area contributed by atoms with Crippen molar-refractivity contribution in [1.29, 1.82) is 0 Å². The van der Waals surface area contributed by atoms with Crippen molar-refractivity contribution in [3.05, 3.63) is 35.2 Å². The first kappa shape index (κ1) is 30.4. The van der Waals surface area contributed by atoms with Crippen LogP contribution in [0.15, 0.2) is 30.3 Å². The highest BCUT2D eigenvalue weighted by Crippen LogP contribution is 2.48. The van der Waals surface area contributed by atoms with E-state index in [9.17, 15) is 4.79 Å².